The zero-order valence-electron chi connectivity index (χ0n) is 19.1. The largest absolute Gasteiger partial charge is 0.493 e. The van der Waals surface area contributed by atoms with E-state index in [1.165, 1.54) is 11.1 Å². The number of hydrogen-bond acceptors (Lipinski definition) is 3. The van der Waals surface area contributed by atoms with E-state index in [9.17, 15) is 4.79 Å². The van der Waals surface area contributed by atoms with Crippen molar-refractivity contribution in [3.63, 3.8) is 0 Å². The highest BCUT2D eigenvalue weighted by molar-refractivity contribution is 6.74. The van der Waals surface area contributed by atoms with Crippen molar-refractivity contribution in [2.24, 2.45) is 5.92 Å². The molecule has 0 spiro atoms. The van der Waals surface area contributed by atoms with Gasteiger partial charge in [-0.2, -0.15) is 0 Å². The Labute approximate surface area is 172 Å². The quantitative estimate of drug-likeness (QED) is 0.405. The SMILES string of the molecule is C/C1=C\CC(=O)O[Si](C(C)(C)C)(C(C)(C)C)O[C@H](C(C)c2ccccc2)[C@H]1C. The topological polar surface area (TPSA) is 35.5 Å². The van der Waals surface area contributed by atoms with E-state index in [1.54, 1.807) is 0 Å². The van der Waals surface area contributed by atoms with E-state index in [1.807, 2.05) is 12.1 Å². The predicted octanol–water partition coefficient (Wildman–Crippen LogP) is 6.75. The third kappa shape index (κ3) is 4.43. The van der Waals surface area contributed by atoms with Gasteiger partial charge in [-0.1, -0.05) is 97.4 Å². The van der Waals surface area contributed by atoms with Gasteiger partial charge in [-0.05, 0) is 12.5 Å². The molecule has 0 bridgehead atoms. The van der Waals surface area contributed by atoms with Crippen molar-refractivity contribution in [3.8, 4) is 0 Å². The molecule has 0 fully saturated rings. The van der Waals surface area contributed by atoms with Crippen LogP contribution < -0.4 is 0 Å². The Hall–Kier alpha value is -1.39. The maximum absolute atomic E-state index is 12.8. The minimum atomic E-state index is -2.98. The molecular formula is C24H38O3Si. The summed E-state index contributed by atoms with van der Waals surface area (Å²) in [5, 5.41) is -0.513. The molecular weight excluding hydrogens is 364 g/mol. The summed E-state index contributed by atoms with van der Waals surface area (Å²) < 4.78 is 13.4. The third-order valence-corrected chi connectivity index (χ3v) is 11.2. The van der Waals surface area contributed by atoms with Gasteiger partial charge in [0.2, 0.25) is 0 Å². The monoisotopic (exact) mass is 402 g/mol. The van der Waals surface area contributed by atoms with E-state index in [2.05, 4.69) is 86.6 Å². The molecule has 0 saturated carbocycles. The first-order chi connectivity index (χ1) is 12.8. The maximum atomic E-state index is 12.8. The molecule has 1 aromatic carbocycles. The molecule has 1 heterocycles. The lowest BCUT2D eigenvalue weighted by molar-refractivity contribution is -0.137. The normalized spacial score (nSPS) is 26.9. The molecule has 3 atom stereocenters. The minimum absolute atomic E-state index is 0.0605. The van der Waals surface area contributed by atoms with Gasteiger partial charge in [0.25, 0.3) is 5.97 Å². The molecule has 1 unspecified atom stereocenters. The number of rotatable bonds is 2. The molecule has 0 amide bonds. The van der Waals surface area contributed by atoms with Crippen LogP contribution in [-0.4, -0.2) is 20.6 Å². The maximum Gasteiger partial charge on any atom is 0.412 e. The van der Waals surface area contributed by atoms with Gasteiger partial charge in [0.05, 0.1) is 12.5 Å². The van der Waals surface area contributed by atoms with E-state index in [0.717, 1.165) is 0 Å². The van der Waals surface area contributed by atoms with Crippen molar-refractivity contribution >= 4 is 14.5 Å². The second-order valence-corrected chi connectivity index (χ2v) is 15.0. The number of benzene rings is 1. The van der Waals surface area contributed by atoms with Crippen LogP contribution in [0.3, 0.4) is 0 Å². The summed E-state index contributed by atoms with van der Waals surface area (Å²) in [5.41, 5.74) is 2.45. The zero-order chi connectivity index (χ0) is 21.3. The molecule has 28 heavy (non-hydrogen) atoms. The van der Waals surface area contributed by atoms with Gasteiger partial charge in [-0.25, -0.2) is 0 Å². The Balaban J connectivity index is 2.64. The Kier molecular flexibility index (Phi) is 6.67. The molecule has 3 nitrogen and oxygen atoms in total. The van der Waals surface area contributed by atoms with Gasteiger partial charge in [0.15, 0.2) is 0 Å². The van der Waals surface area contributed by atoms with Gasteiger partial charge in [-0.15, -0.1) is 0 Å². The highest BCUT2D eigenvalue weighted by Gasteiger charge is 2.62. The Morgan fingerprint density at radius 1 is 1.04 bits per heavy atom. The number of carbonyl (C=O) groups excluding carboxylic acids is 1. The molecule has 0 saturated heterocycles. The smallest absolute Gasteiger partial charge is 0.412 e. The van der Waals surface area contributed by atoms with E-state index in [0.29, 0.717) is 6.42 Å². The fraction of sp³-hybridized carbons (Fsp3) is 0.625. The van der Waals surface area contributed by atoms with Crippen molar-refractivity contribution in [2.75, 3.05) is 0 Å². The van der Waals surface area contributed by atoms with E-state index in [4.69, 9.17) is 8.85 Å². The van der Waals surface area contributed by atoms with Gasteiger partial charge in [-0.3, -0.25) is 4.79 Å². The molecule has 0 N–H and O–H groups in total. The summed E-state index contributed by atoms with van der Waals surface area (Å²) >= 11 is 0. The minimum Gasteiger partial charge on any atom is -0.493 e. The molecule has 0 aromatic heterocycles. The van der Waals surface area contributed by atoms with Crippen LogP contribution in [0.15, 0.2) is 42.0 Å². The van der Waals surface area contributed by atoms with Crippen LogP contribution in [0.4, 0.5) is 0 Å². The Morgan fingerprint density at radius 3 is 2.07 bits per heavy atom. The van der Waals surface area contributed by atoms with E-state index < -0.39 is 8.56 Å². The van der Waals surface area contributed by atoms with Gasteiger partial charge in [0, 0.05) is 21.9 Å². The first-order valence-electron chi connectivity index (χ1n) is 10.4. The van der Waals surface area contributed by atoms with Crippen LogP contribution in [-0.2, 0) is 13.6 Å². The molecule has 1 aliphatic rings. The van der Waals surface area contributed by atoms with Crippen LogP contribution in [0.1, 0.15) is 80.2 Å². The van der Waals surface area contributed by atoms with Gasteiger partial charge < -0.3 is 8.85 Å². The van der Waals surface area contributed by atoms with Crippen molar-refractivity contribution in [2.45, 2.75) is 90.8 Å². The van der Waals surface area contributed by atoms with Crippen molar-refractivity contribution < 1.29 is 13.6 Å². The van der Waals surface area contributed by atoms with Crippen molar-refractivity contribution in [1.29, 1.82) is 0 Å². The summed E-state index contributed by atoms with van der Waals surface area (Å²) in [6, 6.07) is 10.5. The van der Waals surface area contributed by atoms with Gasteiger partial charge >= 0.3 is 8.56 Å². The predicted molar refractivity (Wildman–Crippen MR) is 119 cm³/mol. The van der Waals surface area contributed by atoms with Crippen molar-refractivity contribution in [3.05, 3.63) is 47.5 Å². The Bertz CT molecular complexity index is 696. The summed E-state index contributed by atoms with van der Waals surface area (Å²) in [6.45, 7) is 19.5. The molecule has 1 aliphatic heterocycles. The number of hydrogen-bond donors (Lipinski definition) is 0. The number of carbonyl (C=O) groups is 1. The molecule has 156 valence electrons. The Morgan fingerprint density at radius 2 is 1.57 bits per heavy atom. The van der Waals surface area contributed by atoms with E-state index >= 15 is 0 Å². The van der Waals surface area contributed by atoms with Crippen LogP contribution in [0.2, 0.25) is 10.1 Å². The average molecular weight is 403 g/mol. The van der Waals surface area contributed by atoms with Crippen LogP contribution >= 0.6 is 0 Å². The van der Waals surface area contributed by atoms with Crippen LogP contribution in [0, 0.1) is 5.92 Å². The molecule has 4 heteroatoms. The summed E-state index contributed by atoms with van der Waals surface area (Å²) in [7, 11) is -2.98. The lowest BCUT2D eigenvalue weighted by Gasteiger charge is -2.50. The fourth-order valence-electron chi connectivity index (χ4n) is 4.48. The standard InChI is InChI=1S/C24H38O3Si/c1-17-15-16-21(25)26-28(23(4,5)6,24(7,8)9)27-22(18(17)2)19(3)20-13-11-10-12-14-20/h10-15,18-19,22H,16H2,1-9H3/b17-15+/t18-,19?,22-/m0/s1. The van der Waals surface area contributed by atoms with Crippen molar-refractivity contribution in [1.82, 2.24) is 0 Å². The molecule has 1 aromatic rings. The molecule has 0 radical (unpaired) electrons. The summed E-state index contributed by atoms with van der Waals surface area (Å²) in [6.07, 6.45) is 2.28. The zero-order valence-corrected chi connectivity index (χ0v) is 20.1. The molecule has 0 aliphatic carbocycles. The van der Waals surface area contributed by atoms with Crippen LogP contribution in [0.25, 0.3) is 0 Å². The lowest BCUT2D eigenvalue weighted by Crippen LogP contribution is -2.60. The highest BCUT2D eigenvalue weighted by Crippen LogP contribution is 2.54. The van der Waals surface area contributed by atoms with Crippen LogP contribution in [0.5, 0.6) is 0 Å². The third-order valence-electron chi connectivity index (χ3n) is 6.15. The second-order valence-electron chi connectivity index (χ2n) is 10.3. The highest BCUT2D eigenvalue weighted by atomic mass is 28.4. The van der Waals surface area contributed by atoms with E-state index in [-0.39, 0.29) is 34.0 Å². The lowest BCUT2D eigenvalue weighted by atomic mass is 9.84. The first-order valence-corrected chi connectivity index (χ1v) is 12.2. The van der Waals surface area contributed by atoms with Gasteiger partial charge in [0.1, 0.15) is 0 Å². The summed E-state index contributed by atoms with van der Waals surface area (Å²) in [4.78, 5) is 12.8. The first kappa shape index (κ1) is 22.9. The fourth-order valence-corrected chi connectivity index (χ4v) is 9.29. The average Bonchev–Trinajstić information content (AvgIpc) is 2.64. The second kappa shape index (κ2) is 8.15. The molecule has 2 rings (SSSR count). The summed E-state index contributed by atoms with van der Waals surface area (Å²) in [5.74, 6) is 0.213.